The van der Waals surface area contributed by atoms with Crippen molar-refractivity contribution in [3.63, 3.8) is 0 Å². The molecule has 0 spiro atoms. The number of anilines is 1. The first-order valence-corrected chi connectivity index (χ1v) is 8.37. The van der Waals surface area contributed by atoms with Crippen LogP contribution in [0.3, 0.4) is 0 Å². The summed E-state index contributed by atoms with van der Waals surface area (Å²) in [7, 11) is -3.81. The third kappa shape index (κ3) is 3.51. The number of piperazine rings is 1. The van der Waals surface area contributed by atoms with E-state index in [0.717, 1.165) is 0 Å². The predicted molar refractivity (Wildman–Crippen MR) is 79.2 cm³/mol. The van der Waals surface area contributed by atoms with Crippen LogP contribution in [0.4, 0.5) is 5.82 Å². The lowest BCUT2D eigenvalue weighted by atomic mass is 10.1. The number of hydrogen-bond donors (Lipinski definition) is 1. The highest BCUT2D eigenvalue weighted by Gasteiger charge is 2.26. The molecule has 1 aliphatic rings. The maximum atomic E-state index is 11.9. The van der Waals surface area contributed by atoms with Crippen LogP contribution in [0, 0.1) is 5.92 Å². The molecule has 1 aromatic rings. The van der Waals surface area contributed by atoms with Crippen molar-refractivity contribution >= 4 is 21.7 Å². The second-order valence-corrected chi connectivity index (χ2v) is 6.87. The molecule has 0 aromatic carbocycles. The highest BCUT2D eigenvalue weighted by atomic mass is 32.2. The van der Waals surface area contributed by atoms with Crippen molar-refractivity contribution in [2.45, 2.75) is 18.7 Å². The summed E-state index contributed by atoms with van der Waals surface area (Å²) >= 11 is 0. The minimum Gasteiger partial charge on any atom is -0.352 e. The van der Waals surface area contributed by atoms with E-state index in [1.54, 1.807) is 11.0 Å². The van der Waals surface area contributed by atoms with Gasteiger partial charge >= 0.3 is 0 Å². The van der Waals surface area contributed by atoms with E-state index < -0.39 is 10.0 Å². The van der Waals surface area contributed by atoms with Crippen LogP contribution in [-0.2, 0) is 14.8 Å². The van der Waals surface area contributed by atoms with Gasteiger partial charge in [-0.3, -0.25) is 4.79 Å². The number of carbonyl (C=O) groups is 1. The fourth-order valence-corrected chi connectivity index (χ4v) is 3.05. The van der Waals surface area contributed by atoms with Crippen molar-refractivity contribution < 1.29 is 13.2 Å². The molecule has 1 fully saturated rings. The van der Waals surface area contributed by atoms with Crippen LogP contribution in [-0.4, -0.2) is 50.4 Å². The second kappa shape index (κ2) is 5.98. The summed E-state index contributed by atoms with van der Waals surface area (Å²) in [5, 5.41) is 5.22. The van der Waals surface area contributed by atoms with Crippen molar-refractivity contribution in [2.75, 3.05) is 31.1 Å². The van der Waals surface area contributed by atoms with Gasteiger partial charge in [-0.2, -0.15) is 0 Å². The number of rotatable bonds is 3. The van der Waals surface area contributed by atoms with Crippen LogP contribution in [0.25, 0.3) is 0 Å². The number of amides is 1. The number of hydrogen-bond acceptors (Lipinski definition) is 5. The highest BCUT2D eigenvalue weighted by molar-refractivity contribution is 7.89. The Hall–Kier alpha value is -1.67. The smallest absolute Gasteiger partial charge is 0.241 e. The van der Waals surface area contributed by atoms with Gasteiger partial charge < -0.3 is 9.80 Å². The molecule has 0 bridgehead atoms. The average Bonchev–Trinajstić information content (AvgIpc) is 2.45. The SMILES string of the molecule is CC(C)C(=O)N1CCN(c2ncccc2S(N)(=O)=O)CC1. The van der Waals surface area contributed by atoms with Gasteiger partial charge in [0.05, 0.1) is 0 Å². The summed E-state index contributed by atoms with van der Waals surface area (Å²) in [4.78, 5) is 19.7. The van der Waals surface area contributed by atoms with Crippen molar-refractivity contribution in [2.24, 2.45) is 11.1 Å². The van der Waals surface area contributed by atoms with Gasteiger partial charge in [0.2, 0.25) is 15.9 Å². The molecule has 1 aromatic heterocycles. The topological polar surface area (TPSA) is 96.6 Å². The normalized spacial score (nSPS) is 16.4. The largest absolute Gasteiger partial charge is 0.352 e. The van der Waals surface area contributed by atoms with Crippen molar-refractivity contribution in [3.05, 3.63) is 18.3 Å². The van der Waals surface area contributed by atoms with Gasteiger partial charge in [0.25, 0.3) is 0 Å². The molecule has 0 unspecified atom stereocenters. The van der Waals surface area contributed by atoms with Crippen LogP contribution in [0.2, 0.25) is 0 Å². The summed E-state index contributed by atoms with van der Waals surface area (Å²) in [6.07, 6.45) is 1.54. The highest BCUT2D eigenvalue weighted by Crippen LogP contribution is 2.22. The third-order valence-electron chi connectivity index (χ3n) is 3.44. The van der Waals surface area contributed by atoms with E-state index in [1.807, 2.05) is 18.7 Å². The van der Waals surface area contributed by atoms with E-state index in [9.17, 15) is 13.2 Å². The lowest BCUT2D eigenvalue weighted by molar-refractivity contribution is -0.134. The molecule has 21 heavy (non-hydrogen) atoms. The minimum atomic E-state index is -3.81. The Balaban J connectivity index is 2.15. The summed E-state index contributed by atoms with van der Waals surface area (Å²) in [5.74, 6) is 0.436. The molecule has 0 aliphatic carbocycles. The molecular formula is C13H20N4O3S. The maximum Gasteiger partial charge on any atom is 0.241 e. The van der Waals surface area contributed by atoms with E-state index in [0.29, 0.717) is 32.0 Å². The number of pyridine rings is 1. The molecule has 1 saturated heterocycles. The number of sulfonamides is 1. The summed E-state index contributed by atoms with van der Waals surface area (Å²) < 4.78 is 23.2. The van der Waals surface area contributed by atoms with Gasteiger partial charge in [-0.1, -0.05) is 13.8 Å². The number of nitrogens with two attached hydrogens (primary N) is 1. The number of primary sulfonamides is 1. The Morgan fingerprint density at radius 1 is 1.29 bits per heavy atom. The van der Waals surface area contributed by atoms with E-state index in [1.165, 1.54) is 12.3 Å². The fourth-order valence-electron chi connectivity index (χ4n) is 2.35. The zero-order valence-electron chi connectivity index (χ0n) is 12.2. The molecule has 1 amide bonds. The zero-order valence-corrected chi connectivity index (χ0v) is 13.0. The molecule has 0 radical (unpaired) electrons. The fraction of sp³-hybridized carbons (Fsp3) is 0.538. The van der Waals surface area contributed by atoms with Crippen LogP contribution >= 0.6 is 0 Å². The summed E-state index contributed by atoms with van der Waals surface area (Å²) in [6.45, 7) is 5.92. The minimum absolute atomic E-state index is 0.0219. The van der Waals surface area contributed by atoms with Gasteiger partial charge in [-0.15, -0.1) is 0 Å². The second-order valence-electron chi connectivity index (χ2n) is 5.34. The lowest BCUT2D eigenvalue weighted by Gasteiger charge is -2.36. The predicted octanol–water partition coefficient (Wildman–Crippen LogP) is 0.0336. The van der Waals surface area contributed by atoms with E-state index in [2.05, 4.69) is 4.98 Å². The molecule has 2 heterocycles. The Morgan fingerprint density at radius 2 is 1.90 bits per heavy atom. The van der Waals surface area contributed by atoms with E-state index in [-0.39, 0.29) is 16.7 Å². The zero-order chi connectivity index (χ0) is 15.6. The van der Waals surface area contributed by atoms with Crippen LogP contribution < -0.4 is 10.0 Å². The molecule has 116 valence electrons. The van der Waals surface area contributed by atoms with Crippen molar-refractivity contribution in [1.82, 2.24) is 9.88 Å². The van der Waals surface area contributed by atoms with Crippen LogP contribution in [0.1, 0.15) is 13.8 Å². The summed E-state index contributed by atoms with van der Waals surface area (Å²) in [6, 6.07) is 2.99. The first-order chi connectivity index (χ1) is 9.80. The Kier molecular flexibility index (Phi) is 4.48. The maximum absolute atomic E-state index is 11.9. The lowest BCUT2D eigenvalue weighted by Crippen LogP contribution is -2.50. The standard InChI is InChI=1S/C13H20N4O3S/c1-10(2)13(18)17-8-6-16(7-9-17)12-11(21(14,19)20)4-3-5-15-12/h3-5,10H,6-9H2,1-2H3,(H2,14,19,20). The number of carbonyl (C=O) groups excluding carboxylic acids is 1. The molecule has 1 aliphatic heterocycles. The summed E-state index contributed by atoms with van der Waals surface area (Å²) in [5.41, 5.74) is 0. The Morgan fingerprint density at radius 3 is 2.43 bits per heavy atom. The molecular weight excluding hydrogens is 292 g/mol. The van der Waals surface area contributed by atoms with Gasteiger partial charge in [0, 0.05) is 38.3 Å². The first-order valence-electron chi connectivity index (χ1n) is 6.82. The van der Waals surface area contributed by atoms with Crippen LogP contribution in [0.5, 0.6) is 0 Å². The third-order valence-corrected chi connectivity index (χ3v) is 4.37. The molecule has 0 atom stereocenters. The molecule has 8 heteroatoms. The van der Waals surface area contributed by atoms with E-state index >= 15 is 0 Å². The van der Waals surface area contributed by atoms with Gasteiger partial charge in [0.1, 0.15) is 10.7 Å². The van der Waals surface area contributed by atoms with Crippen molar-refractivity contribution in [3.8, 4) is 0 Å². The van der Waals surface area contributed by atoms with Crippen LogP contribution in [0.15, 0.2) is 23.2 Å². The molecule has 7 nitrogen and oxygen atoms in total. The first kappa shape index (κ1) is 15.7. The average molecular weight is 312 g/mol. The van der Waals surface area contributed by atoms with Crippen molar-refractivity contribution in [1.29, 1.82) is 0 Å². The molecule has 2 rings (SSSR count). The van der Waals surface area contributed by atoms with Gasteiger partial charge in [-0.05, 0) is 12.1 Å². The number of nitrogens with zero attached hydrogens (tertiary/aromatic N) is 3. The molecule has 2 N–H and O–H groups in total. The Labute approximate surface area is 124 Å². The van der Waals surface area contributed by atoms with Gasteiger partial charge in [0.15, 0.2) is 0 Å². The van der Waals surface area contributed by atoms with E-state index in [4.69, 9.17) is 5.14 Å². The number of aromatic nitrogens is 1. The van der Waals surface area contributed by atoms with Gasteiger partial charge in [-0.25, -0.2) is 18.5 Å². The monoisotopic (exact) mass is 312 g/mol. The quantitative estimate of drug-likeness (QED) is 0.849. The molecule has 0 saturated carbocycles. The Bertz CT molecular complexity index is 622.